The molecule has 1 aromatic heterocycles. The molecule has 0 saturated heterocycles. The minimum absolute atomic E-state index is 0.599. The summed E-state index contributed by atoms with van der Waals surface area (Å²) in [7, 11) is 3.34. The normalized spacial score (nSPS) is 11.1. The van der Waals surface area contributed by atoms with Crippen LogP contribution in [0.15, 0.2) is 164 Å². The summed E-state index contributed by atoms with van der Waals surface area (Å²) in [5, 5.41) is 23.6. The molecule has 0 spiro atoms. The Morgan fingerprint density at radius 1 is 0.436 bits per heavy atom. The van der Waals surface area contributed by atoms with Crippen LogP contribution in [0.25, 0.3) is 38.3 Å². The fourth-order valence-corrected chi connectivity index (χ4v) is 7.66. The standard InChI is InChI=1S/C48H33N5O2/c1-54-39-20-16-37(17-21-39)51(35-12-8-32(30-49)9-13-35)43-26-28-45-47-41(43)24-25-42-44(27-29-46(48(42)47)53(45)34-6-4-3-5-7-34)52(36-14-10-33(31-50)11-15-36)38-18-22-40(55-2)23-19-38/h3-29H,1-2H3. The maximum absolute atomic E-state index is 9.61. The molecule has 9 aromatic rings. The molecule has 262 valence electrons. The van der Waals surface area contributed by atoms with E-state index in [-0.39, 0.29) is 0 Å². The highest BCUT2D eigenvalue weighted by Crippen LogP contribution is 2.49. The third-order valence-corrected chi connectivity index (χ3v) is 10.2. The summed E-state index contributed by atoms with van der Waals surface area (Å²) in [4.78, 5) is 4.47. The van der Waals surface area contributed by atoms with E-state index in [1.165, 1.54) is 0 Å². The average Bonchev–Trinajstić information content (AvgIpc) is 3.60. The number of nitriles is 2. The summed E-state index contributed by atoms with van der Waals surface area (Å²) >= 11 is 0. The van der Waals surface area contributed by atoms with Crippen molar-refractivity contribution in [3.8, 4) is 29.3 Å². The van der Waals surface area contributed by atoms with Gasteiger partial charge in [-0.05, 0) is 133 Å². The number of rotatable bonds is 9. The van der Waals surface area contributed by atoms with Gasteiger partial charge in [0.05, 0.1) is 59.9 Å². The van der Waals surface area contributed by atoms with E-state index in [1.807, 2.05) is 78.9 Å². The first-order valence-corrected chi connectivity index (χ1v) is 17.9. The van der Waals surface area contributed by atoms with Gasteiger partial charge < -0.3 is 23.8 Å². The van der Waals surface area contributed by atoms with Gasteiger partial charge in [-0.3, -0.25) is 0 Å². The van der Waals surface area contributed by atoms with Crippen molar-refractivity contribution in [2.24, 2.45) is 0 Å². The van der Waals surface area contributed by atoms with Crippen LogP contribution in [0.2, 0.25) is 0 Å². The lowest BCUT2D eigenvalue weighted by Gasteiger charge is -2.28. The van der Waals surface area contributed by atoms with Crippen molar-refractivity contribution >= 4 is 66.7 Å². The largest absolute Gasteiger partial charge is 0.497 e. The van der Waals surface area contributed by atoms with Crippen molar-refractivity contribution in [3.63, 3.8) is 0 Å². The molecule has 9 rings (SSSR count). The molecule has 7 nitrogen and oxygen atoms in total. The summed E-state index contributed by atoms with van der Waals surface area (Å²) < 4.78 is 13.4. The predicted molar refractivity (Wildman–Crippen MR) is 221 cm³/mol. The molecule has 0 bridgehead atoms. The summed E-state index contributed by atoms with van der Waals surface area (Å²) in [5.74, 6) is 1.54. The quantitative estimate of drug-likeness (QED) is 0.139. The molecule has 0 fully saturated rings. The van der Waals surface area contributed by atoms with Crippen LogP contribution >= 0.6 is 0 Å². The molecule has 55 heavy (non-hydrogen) atoms. The molecule has 0 unspecified atom stereocenters. The molecule has 0 saturated carbocycles. The number of anilines is 6. The lowest BCUT2D eigenvalue weighted by Crippen LogP contribution is -2.11. The van der Waals surface area contributed by atoms with Crippen molar-refractivity contribution in [1.29, 1.82) is 10.5 Å². The second-order valence-corrected chi connectivity index (χ2v) is 13.2. The van der Waals surface area contributed by atoms with E-state index in [0.29, 0.717) is 11.1 Å². The number of hydrogen-bond donors (Lipinski definition) is 0. The zero-order valence-corrected chi connectivity index (χ0v) is 30.1. The molecule has 0 atom stereocenters. The van der Waals surface area contributed by atoms with Crippen molar-refractivity contribution < 1.29 is 9.47 Å². The molecular formula is C48H33N5O2. The summed E-state index contributed by atoms with van der Waals surface area (Å²) in [6.07, 6.45) is 0. The van der Waals surface area contributed by atoms with Gasteiger partial charge in [-0.25, -0.2) is 0 Å². The van der Waals surface area contributed by atoms with Crippen molar-refractivity contribution in [1.82, 2.24) is 4.57 Å². The number of methoxy groups -OCH3 is 2. The second kappa shape index (κ2) is 13.7. The fraction of sp³-hybridized carbons (Fsp3) is 0.0417. The SMILES string of the molecule is COc1ccc(N(c2ccc(C#N)cc2)c2ccc3c4c2ccc2c(N(c5ccc(C#N)cc5)c5ccc(OC)cc5)ccc(c24)n3-c2ccccc2)cc1. The Morgan fingerprint density at radius 3 is 1.18 bits per heavy atom. The maximum Gasteiger partial charge on any atom is 0.119 e. The van der Waals surface area contributed by atoms with Crippen molar-refractivity contribution in [2.75, 3.05) is 24.0 Å². The molecule has 1 heterocycles. The predicted octanol–water partition coefficient (Wildman–Crippen LogP) is 12.1. The van der Waals surface area contributed by atoms with E-state index in [0.717, 1.165) is 83.9 Å². The number of benzene rings is 8. The Morgan fingerprint density at radius 2 is 0.818 bits per heavy atom. The Hall–Kier alpha value is -7.74. The summed E-state index contributed by atoms with van der Waals surface area (Å²) in [5.41, 5.74) is 10.2. The monoisotopic (exact) mass is 711 g/mol. The Bertz CT molecular complexity index is 2710. The topological polar surface area (TPSA) is 77.4 Å². The van der Waals surface area contributed by atoms with Crippen LogP contribution in [0.1, 0.15) is 11.1 Å². The van der Waals surface area contributed by atoms with Gasteiger partial charge in [0.25, 0.3) is 0 Å². The van der Waals surface area contributed by atoms with E-state index in [9.17, 15) is 10.5 Å². The molecule has 0 aliphatic heterocycles. The van der Waals surface area contributed by atoms with Gasteiger partial charge in [-0.15, -0.1) is 0 Å². The molecule has 8 aromatic carbocycles. The molecular weight excluding hydrogens is 679 g/mol. The Balaban J connectivity index is 1.34. The first-order chi connectivity index (χ1) is 27.1. The van der Waals surface area contributed by atoms with Gasteiger partial charge in [0.15, 0.2) is 0 Å². The lowest BCUT2D eigenvalue weighted by molar-refractivity contribution is 0.414. The van der Waals surface area contributed by atoms with Crippen molar-refractivity contribution in [2.45, 2.75) is 0 Å². The summed E-state index contributed by atoms with van der Waals surface area (Å²) in [6, 6.07) is 59.7. The van der Waals surface area contributed by atoms with Crippen molar-refractivity contribution in [3.05, 3.63) is 175 Å². The zero-order chi connectivity index (χ0) is 37.5. The van der Waals surface area contributed by atoms with Crippen LogP contribution in [0.5, 0.6) is 11.5 Å². The van der Waals surface area contributed by atoms with Crippen LogP contribution in [-0.2, 0) is 0 Å². The highest BCUT2D eigenvalue weighted by Gasteiger charge is 2.25. The van der Waals surface area contributed by atoms with Crippen LogP contribution in [0.3, 0.4) is 0 Å². The smallest absolute Gasteiger partial charge is 0.119 e. The van der Waals surface area contributed by atoms with Crippen LogP contribution in [0.4, 0.5) is 34.1 Å². The molecule has 0 aliphatic carbocycles. The number of aromatic nitrogens is 1. The minimum atomic E-state index is 0.599. The van der Waals surface area contributed by atoms with Gasteiger partial charge in [-0.2, -0.15) is 10.5 Å². The van der Waals surface area contributed by atoms with E-state index in [4.69, 9.17) is 9.47 Å². The number of nitrogens with zero attached hydrogens (tertiary/aromatic N) is 5. The fourth-order valence-electron chi connectivity index (χ4n) is 7.66. The number of hydrogen-bond acceptors (Lipinski definition) is 6. The summed E-state index contributed by atoms with van der Waals surface area (Å²) in [6.45, 7) is 0. The first-order valence-electron chi connectivity index (χ1n) is 17.9. The maximum atomic E-state index is 9.61. The Kier molecular flexibility index (Phi) is 8.23. The molecule has 7 heteroatoms. The van der Waals surface area contributed by atoms with E-state index in [2.05, 4.69) is 111 Å². The number of para-hydroxylation sites is 1. The van der Waals surface area contributed by atoms with Gasteiger partial charge in [0, 0.05) is 50.0 Å². The van der Waals surface area contributed by atoms with Gasteiger partial charge in [0.1, 0.15) is 11.5 Å². The zero-order valence-electron chi connectivity index (χ0n) is 30.1. The van der Waals surface area contributed by atoms with E-state index in [1.54, 1.807) is 14.2 Å². The van der Waals surface area contributed by atoms with Gasteiger partial charge in [0.2, 0.25) is 0 Å². The van der Waals surface area contributed by atoms with Crippen LogP contribution in [-0.4, -0.2) is 18.8 Å². The van der Waals surface area contributed by atoms with E-state index >= 15 is 0 Å². The lowest BCUT2D eigenvalue weighted by atomic mass is 9.98. The molecule has 0 radical (unpaired) electrons. The van der Waals surface area contributed by atoms with Gasteiger partial charge >= 0.3 is 0 Å². The highest BCUT2D eigenvalue weighted by atomic mass is 16.5. The number of ether oxygens (including phenoxy) is 2. The molecule has 0 amide bonds. The first kappa shape index (κ1) is 33.1. The molecule has 0 aliphatic rings. The molecule has 0 N–H and O–H groups in total. The average molecular weight is 712 g/mol. The third kappa shape index (κ3) is 5.60. The van der Waals surface area contributed by atoms with Gasteiger partial charge in [-0.1, -0.05) is 30.3 Å². The van der Waals surface area contributed by atoms with Crippen LogP contribution < -0.4 is 19.3 Å². The van der Waals surface area contributed by atoms with Crippen LogP contribution in [0, 0.1) is 22.7 Å². The Labute approximate surface area is 318 Å². The highest BCUT2D eigenvalue weighted by molar-refractivity contribution is 6.29. The third-order valence-electron chi connectivity index (χ3n) is 10.2. The van der Waals surface area contributed by atoms with E-state index < -0.39 is 0 Å². The minimum Gasteiger partial charge on any atom is -0.497 e. The second-order valence-electron chi connectivity index (χ2n) is 13.2.